The molecule has 2 aromatic rings. The molecule has 34 heavy (non-hydrogen) atoms. The summed E-state index contributed by atoms with van der Waals surface area (Å²) in [6, 6.07) is 21.5. The standard InChI is InChI=1S/C31H43NO2/c1-4-31(2,3)29(33)30(34)32-24-12-11-23-28(32)27(21-13-19-25-15-7-5-8-16-25)22-14-20-26-17-9-6-10-18-26/h5-10,15-18,27-28H,4,11-14,19-24H2,1-3H3. The Kier molecular flexibility index (Phi) is 9.92. The number of carbonyl (C=O) groups is 2. The highest BCUT2D eigenvalue weighted by atomic mass is 16.2. The predicted octanol–water partition coefficient (Wildman–Crippen LogP) is 7.03. The number of hydrogen-bond donors (Lipinski definition) is 0. The number of amides is 1. The van der Waals surface area contributed by atoms with Crippen molar-refractivity contribution in [3.63, 3.8) is 0 Å². The highest BCUT2D eigenvalue weighted by Crippen LogP contribution is 2.32. The summed E-state index contributed by atoms with van der Waals surface area (Å²) in [4.78, 5) is 28.4. The lowest BCUT2D eigenvalue weighted by molar-refractivity contribution is -0.152. The molecule has 0 radical (unpaired) electrons. The summed E-state index contributed by atoms with van der Waals surface area (Å²) in [7, 11) is 0. The van der Waals surface area contributed by atoms with Crippen molar-refractivity contribution in [2.45, 2.75) is 91.0 Å². The maximum atomic E-state index is 13.4. The second-order valence-electron chi connectivity index (χ2n) is 10.6. The van der Waals surface area contributed by atoms with Crippen molar-refractivity contribution < 1.29 is 9.59 Å². The highest BCUT2D eigenvalue weighted by molar-refractivity contribution is 6.38. The molecule has 1 atom stereocenters. The van der Waals surface area contributed by atoms with E-state index < -0.39 is 5.41 Å². The van der Waals surface area contributed by atoms with E-state index in [1.165, 1.54) is 11.1 Å². The topological polar surface area (TPSA) is 37.4 Å². The van der Waals surface area contributed by atoms with E-state index in [0.29, 0.717) is 12.3 Å². The molecule has 1 fully saturated rings. The van der Waals surface area contributed by atoms with Crippen molar-refractivity contribution in [1.82, 2.24) is 4.90 Å². The molecule has 0 bridgehead atoms. The van der Waals surface area contributed by atoms with Crippen molar-refractivity contribution in [3.8, 4) is 0 Å². The summed E-state index contributed by atoms with van der Waals surface area (Å²) < 4.78 is 0. The maximum absolute atomic E-state index is 13.4. The van der Waals surface area contributed by atoms with E-state index in [2.05, 4.69) is 60.7 Å². The van der Waals surface area contributed by atoms with Crippen LogP contribution in [0.2, 0.25) is 0 Å². The van der Waals surface area contributed by atoms with Crippen LogP contribution >= 0.6 is 0 Å². The van der Waals surface area contributed by atoms with Crippen LogP contribution in [0, 0.1) is 11.3 Å². The smallest absolute Gasteiger partial charge is 0.290 e. The molecule has 1 amide bonds. The molecule has 0 aliphatic carbocycles. The number of rotatable bonds is 12. The number of aryl methyl sites for hydroxylation is 2. The van der Waals surface area contributed by atoms with Gasteiger partial charge in [-0.1, -0.05) is 81.4 Å². The number of likely N-dealkylation sites (tertiary alicyclic amines) is 1. The Morgan fingerprint density at radius 1 is 0.882 bits per heavy atom. The lowest BCUT2D eigenvalue weighted by atomic mass is 9.80. The molecule has 184 valence electrons. The first-order chi connectivity index (χ1) is 16.4. The Morgan fingerprint density at radius 2 is 1.41 bits per heavy atom. The molecule has 1 heterocycles. The molecular weight excluding hydrogens is 418 g/mol. The Labute approximate surface area is 206 Å². The summed E-state index contributed by atoms with van der Waals surface area (Å²) >= 11 is 0. The molecule has 1 aliphatic rings. The van der Waals surface area contributed by atoms with Crippen LogP contribution in [0.15, 0.2) is 60.7 Å². The Balaban J connectivity index is 1.71. The van der Waals surface area contributed by atoms with Crippen molar-refractivity contribution in [1.29, 1.82) is 0 Å². The van der Waals surface area contributed by atoms with E-state index in [9.17, 15) is 9.59 Å². The van der Waals surface area contributed by atoms with Crippen LogP contribution in [0.3, 0.4) is 0 Å². The molecule has 0 N–H and O–H groups in total. The van der Waals surface area contributed by atoms with Gasteiger partial charge in [-0.3, -0.25) is 9.59 Å². The van der Waals surface area contributed by atoms with Gasteiger partial charge >= 0.3 is 0 Å². The first-order valence-electron chi connectivity index (χ1n) is 13.4. The van der Waals surface area contributed by atoms with E-state index in [0.717, 1.165) is 64.3 Å². The number of ketones is 1. The number of carbonyl (C=O) groups excluding carboxylic acids is 2. The van der Waals surface area contributed by atoms with E-state index in [-0.39, 0.29) is 17.7 Å². The van der Waals surface area contributed by atoms with Gasteiger partial charge in [-0.05, 0) is 81.3 Å². The molecule has 1 saturated heterocycles. The predicted molar refractivity (Wildman–Crippen MR) is 141 cm³/mol. The molecule has 2 aromatic carbocycles. The van der Waals surface area contributed by atoms with Gasteiger partial charge in [-0.25, -0.2) is 0 Å². The zero-order valence-electron chi connectivity index (χ0n) is 21.5. The fourth-order valence-corrected chi connectivity index (χ4v) is 5.24. The minimum absolute atomic E-state index is 0.185. The van der Waals surface area contributed by atoms with Gasteiger partial charge < -0.3 is 4.90 Å². The molecule has 0 spiro atoms. The normalized spacial score (nSPS) is 16.6. The largest absolute Gasteiger partial charge is 0.333 e. The number of nitrogens with zero attached hydrogens (tertiary/aromatic N) is 1. The molecule has 3 nitrogen and oxygen atoms in total. The van der Waals surface area contributed by atoms with Crippen molar-refractivity contribution in [2.75, 3.05) is 6.54 Å². The van der Waals surface area contributed by atoms with Crippen LogP contribution in [0.4, 0.5) is 0 Å². The third kappa shape index (κ3) is 7.29. The van der Waals surface area contributed by atoms with Crippen LogP contribution in [-0.2, 0) is 22.4 Å². The second-order valence-corrected chi connectivity index (χ2v) is 10.6. The van der Waals surface area contributed by atoms with Crippen molar-refractivity contribution in [2.24, 2.45) is 11.3 Å². The Morgan fingerprint density at radius 3 is 1.91 bits per heavy atom. The van der Waals surface area contributed by atoms with E-state index in [1.807, 2.05) is 25.7 Å². The third-order valence-electron chi connectivity index (χ3n) is 7.81. The SMILES string of the molecule is CCC(C)(C)C(=O)C(=O)N1CCCCC1C(CCCc1ccccc1)CCCc1ccccc1. The van der Waals surface area contributed by atoms with Gasteiger partial charge in [-0.2, -0.15) is 0 Å². The summed E-state index contributed by atoms with van der Waals surface area (Å²) in [5.74, 6) is -0.0175. The number of piperidine rings is 1. The van der Waals surface area contributed by atoms with Gasteiger partial charge in [0.15, 0.2) is 0 Å². The fraction of sp³-hybridized carbons (Fsp3) is 0.548. The molecule has 0 saturated carbocycles. The van der Waals surface area contributed by atoms with Gasteiger partial charge in [0.05, 0.1) is 0 Å². The highest BCUT2D eigenvalue weighted by Gasteiger charge is 2.39. The van der Waals surface area contributed by atoms with Gasteiger partial charge in [0.2, 0.25) is 5.78 Å². The van der Waals surface area contributed by atoms with Crippen molar-refractivity contribution in [3.05, 3.63) is 71.8 Å². The molecule has 1 aliphatic heterocycles. The fourth-order valence-electron chi connectivity index (χ4n) is 5.24. The lowest BCUT2D eigenvalue weighted by Crippen LogP contribution is -2.52. The number of hydrogen-bond acceptors (Lipinski definition) is 2. The molecule has 1 unspecified atom stereocenters. The van der Waals surface area contributed by atoms with Crippen LogP contribution < -0.4 is 0 Å². The van der Waals surface area contributed by atoms with Gasteiger partial charge in [0, 0.05) is 18.0 Å². The first-order valence-corrected chi connectivity index (χ1v) is 13.4. The minimum atomic E-state index is -0.588. The number of benzene rings is 2. The minimum Gasteiger partial charge on any atom is -0.333 e. The summed E-state index contributed by atoms with van der Waals surface area (Å²) in [5.41, 5.74) is 2.17. The van der Waals surface area contributed by atoms with Crippen molar-refractivity contribution >= 4 is 11.7 Å². The lowest BCUT2D eigenvalue weighted by Gasteiger charge is -2.41. The second kappa shape index (κ2) is 12.9. The molecule has 0 aromatic heterocycles. The Hall–Kier alpha value is -2.42. The average molecular weight is 462 g/mol. The van der Waals surface area contributed by atoms with E-state index in [4.69, 9.17) is 0 Å². The average Bonchev–Trinajstić information content (AvgIpc) is 2.88. The summed E-state index contributed by atoms with van der Waals surface area (Å²) in [5, 5.41) is 0. The summed E-state index contributed by atoms with van der Waals surface area (Å²) in [6.07, 6.45) is 10.4. The van der Waals surface area contributed by atoms with Gasteiger partial charge in [-0.15, -0.1) is 0 Å². The van der Waals surface area contributed by atoms with E-state index in [1.54, 1.807) is 0 Å². The quantitative estimate of drug-likeness (QED) is 0.318. The monoisotopic (exact) mass is 461 g/mol. The molecule has 3 heteroatoms. The van der Waals surface area contributed by atoms with E-state index >= 15 is 0 Å². The maximum Gasteiger partial charge on any atom is 0.290 e. The zero-order valence-corrected chi connectivity index (χ0v) is 21.5. The molecular formula is C31H43NO2. The van der Waals surface area contributed by atoms with Gasteiger partial charge in [0.25, 0.3) is 5.91 Å². The van der Waals surface area contributed by atoms with Crippen LogP contribution in [-0.4, -0.2) is 29.2 Å². The molecule has 3 rings (SSSR count). The summed E-state index contributed by atoms with van der Waals surface area (Å²) in [6.45, 7) is 6.53. The zero-order chi connectivity index (χ0) is 24.4. The van der Waals surface area contributed by atoms with Gasteiger partial charge in [0.1, 0.15) is 0 Å². The van der Waals surface area contributed by atoms with Crippen LogP contribution in [0.25, 0.3) is 0 Å². The Bertz CT molecular complexity index is 845. The first kappa shape index (κ1) is 26.2. The van der Waals surface area contributed by atoms with Crippen LogP contribution in [0.1, 0.15) is 83.3 Å². The third-order valence-corrected chi connectivity index (χ3v) is 7.81. The number of Topliss-reactive ketones (excluding diaryl/α,β-unsaturated/α-hetero) is 1. The van der Waals surface area contributed by atoms with Crippen LogP contribution in [0.5, 0.6) is 0 Å².